The van der Waals surface area contributed by atoms with Crippen molar-refractivity contribution >= 4 is 24.0 Å². The largest absolute Gasteiger partial charge is 0.354 e. The lowest BCUT2D eigenvalue weighted by atomic mass is 10.1. The molecule has 3 N–H and O–H groups in total. The van der Waals surface area contributed by atoms with Gasteiger partial charge in [-0.1, -0.05) is 0 Å². The van der Waals surface area contributed by atoms with Crippen LogP contribution in [0.25, 0.3) is 0 Å². The molecule has 1 rings (SSSR count). The second-order valence-corrected chi connectivity index (χ2v) is 5.51. The standard InChI is InChI=1S/C12H21N5O3.ClH/c1-8-11(17(19)20)9(2)16(15-8)6-5-10(18)14-7-12(3,4)13;/h5-7,13H2,1-4H3,(H,14,18);1H. The number of aryl methyl sites for hydroxylation is 2. The number of nitrogens with one attached hydrogen (secondary N) is 1. The summed E-state index contributed by atoms with van der Waals surface area (Å²) in [5.41, 5.74) is 6.12. The number of rotatable bonds is 6. The molecule has 1 heterocycles. The molecule has 0 fully saturated rings. The van der Waals surface area contributed by atoms with Gasteiger partial charge in [-0.3, -0.25) is 19.6 Å². The lowest BCUT2D eigenvalue weighted by molar-refractivity contribution is -0.386. The van der Waals surface area contributed by atoms with Gasteiger partial charge in [-0.25, -0.2) is 0 Å². The first-order valence-electron chi connectivity index (χ1n) is 6.36. The van der Waals surface area contributed by atoms with E-state index in [1.54, 1.807) is 13.8 Å². The van der Waals surface area contributed by atoms with Crippen LogP contribution in [0.2, 0.25) is 0 Å². The fraction of sp³-hybridized carbons (Fsp3) is 0.667. The molecule has 0 atom stereocenters. The van der Waals surface area contributed by atoms with E-state index in [0.29, 0.717) is 24.5 Å². The van der Waals surface area contributed by atoms with Crippen molar-refractivity contribution in [3.8, 4) is 0 Å². The van der Waals surface area contributed by atoms with Crippen molar-refractivity contribution in [3.63, 3.8) is 0 Å². The molecule has 1 aromatic heterocycles. The Morgan fingerprint density at radius 2 is 2.05 bits per heavy atom. The Labute approximate surface area is 129 Å². The van der Waals surface area contributed by atoms with Crippen molar-refractivity contribution in [3.05, 3.63) is 21.5 Å². The lowest BCUT2D eigenvalue weighted by Gasteiger charge is -2.18. The van der Waals surface area contributed by atoms with Crippen molar-refractivity contribution in [1.82, 2.24) is 15.1 Å². The number of amides is 1. The summed E-state index contributed by atoms with van der Waals surface area (Å²) in [5.74, 6) is -0.154. The van der Waals surface area contributed by atoms with Crippen LogP contribution in [0.15, 0.2) is 0 Å². The average molecular weight is 320 g/mol. The molecule has 0 unspecified atom stereocenters. The Morgan fingerprint density at radius 1 is 1.48 bits per heavy atom. The van der Waals surface area contributed by atoms with Gasteiger partial charge in [0.05, 0.1) is 11.5 Å². The van der Waals surface area contributed by atoms with E-state index in [1.165, 1.54) is 4.68 Å². The SMILES string of the molecule is Cc1nn(CCC(=O)NCC(C)(C)N)c(C)c1[N+](=O)[O-].Cl. The summed E-state index contributed by atoms with van der Waals surface area (Å²) in [6.45, 7) is 7.52. The molecule has 0 aliphatic carbocycles. The van der Waals surface area contributed by atoms with Crippen molar-refractivity contribution in [2.75, 3.05) is 6.54 Å². The van der Waals surface area contributed by atoms with Crippen LogP contribution in [-0.2, 0) is 11.3 Å². The van der Waals surface area contributed by atoms with Crippen LogP contribution < -0.4 is 11.1 Å². The maximum Gasteiger partial charge on any atom is 0.312 e. The summed E-state index contributed by atoms with van der Waals surface area (Å²) >= 11 is 0. The Hall–Kier alpha value is -1.67. The number of nitrogens with zero attached hydrogens (tertiary/aromatic N) is 3. The molecule has 9 heteroatoms. The van der Waals surface area contributed by atoms with Crippen molar-refractivity contribution in [1.29, 1.82) is 0 Å². The third-order valence-corrected chi connectivity index (χ3v) is 2.82. The number of aromatic nitrogens is 2. The molecule has 0 saturated heterocycles. The molecule has 8 nitrogen and oxygen atoms in total. The number of hydrogen-bond donors (Lipinski definition) is 2. The average Bonchev–Trinajstić information content (AvgIpc) is 2.58. The van der Waals surface area contributed by atoms with Gasteiger partial charge in [0.1, 0.15) is 11.4 Å². The van der Waals surface area contributed by atoms with E-state index in [1.807, 2.05) is 13.8 Å². The molecule has 0 aromatic carbocycles. The van der Waals surface area contributed by atoms with Crippen molar-refractivity contribution in [2.45, 2.75) is 46.2 Å². The van der Waals surface area contributed by atoms with E-state index in [9.17, 15) is 14.9 Å². The summed E-state index contributed by atoms with van der Waals surface area (Å²) in [6, 6.07) is 0. The first kappa shape index (κ1) is 19.3. The van der Waals surface area contributed by atoms with E-state index >= 15 is 0 Å². The minimum atomic E-state index is -0.466. The Kier molecular flexibility index (Phi) is 6.78. The van der Waals surface area contributed by atoms with Gasteiger partial charge in [0.15, 0.2) is 0 Å². The fourth-order valence-electron chi connectivity index (χ4n) is 1.79. The third-order valence-electron chi connectivity index (χ3n) is 2.82. The summed E-state index contributed by atoms with van der Waals surface area (Å²) in [6.07, 6.45) is 0.204. The third kappa shape index (κ3) is 5.68. The van der Waals surface area contributed by atoms with E-state index in [-0.39, 0.29) is 30.4 Å². The van der Waals surface area contributed by atoms with Crippen LogP contribution in [0.3, 0.4) is 0 Å². The Morgan fingerprint density at radius 3 is 2.48 bits per heavy atom. The molecule has 21 heavy (non-hydrogen) atoms. The van der Waals surface area contributed by atoms with Crippen molar-refractivity contribution in [2.24, 2.45) is 5.73 Å². The number of carbonyl (C=O) groups excluding carboxylic acids is 1. The zero-order chi connectivity index (χ0) is 15.5. The first-order chi connectivity index (χ1) is 9.11. The number of nitro groups is 1. The van der Waals surface area contributed by atoms with E-state index in [4.69, 9.17) is 5.73 Å². The van der Waals surface area contributed by atoms with Gasteiger partial charge in [0.25, 0.3) is 0 Å². The van der Waals surface area contributed by atoms with Gasteiger partial charge in [0, 0.05) is 18.5 Å². The van der Waals surface area contributed by atoms with Crippen LogP contribution in [0.4, 0.5) is 5.69 Å². The summed E-state index contributed by atoms with van der Waals surface area (Å²) in [7, 11) is 0. The lowest BCUT2D eigenvalue weighted by Crippen LogP contribution is -2.45. The molecule has 1 aromatic rings. The quantitative estimate of drug-likeness (QED) is 0.601. The van der Waals surface area contributed by atoms with Crippen LogP contribution in [-0.4, -0.2) is 32.7 Å². The highest BCUT2D eigenvalue weighted by Crippen LogP contribution is 2.21. The molecule has 0 radical (unpaired) electrons. The molecule has 0 saturated carbocycles. The van der Waals surface area contributed by atoms with Gasteiger partial charge in [-0.15, -0.1) is 12.4 Å². The normalized spacial score (nSPS) is 10.9. The van der Waals surface area contributed by atoms with E-state index in [0.717, 1.165) is 0 Å². The molecular weight excluding hydrogens is 298 g/mol. The van der Waals surface area contributed by atoms with E-state index in [2.05, 4.69) is 10.4 Å². The maximum absolute atomic E-state index is 11.7. The highest BCUT2D eigenvalue weighted by molar-refractivity contribution is 5.85. The second-order valence-electron chi connectivity index (χ2n) is 5.51. The number of hydrogen-bond acceptors (Lipinski definition) is 5. The predicted octanol–water partition coefficient (Wildman–Crippen LogP) is 1.07. The molecular formula is C12H22ClN5O3. The highest BCUT2D eigenvalue weighted by Gasteiger charge is 2.22. The smallest absolute Gasteiger partial charge is 0.312 e. The molecule has 1 amide bonds. The predicted molar refractivity (Wildman–Crippen MR) is 81.5 cm³/mol. The molecule has 0 aliphatic heterocycles. The monoisotopic (exact) mass is 319 g/mol. The minimum absolute atomic E-state index is 0. The van der Waals surface area contributed by atoms with Gasteiger partial charge < -0.3 is 11.1 Å². The number of halogens is 1. The Balaban J connectivity index is 0.00000400. The topological polar surface area (TPSA) is 116 Å². The first-order valence-corrected chi connectivity index (χ1v) is 6.36. The minimum Gasteiger partial charge on any atom is -0.354 e. The van der Waals surface area contributed by atoms with Crippen LogP contribution in [0.5, 0.6) is 0 Å². The van der Waals surface area contributed by atoms with Gasteiger partial charge >= 0.3 is 5.69 Å². The molecule has 0 bridgehead atoms. The zero-order valence-electron chi connectivity index (χ0n) is 12.7. The van der Waals surface area contributed by atoms with Crippen LogP contribution in [0, 0.1) is 24.0 Å². The molecule has 0 aliphatic rings. The second kappa shape index (κ2) is 7.37. The summed E-state index contributed by atoms with van der Waals surface area (Å²) in [5, 5.41) is 17.7. The molecule has 0 spiro atoms. The fourth-order valence-corrected chi connectivity index (χ4v) is 1.79. The maximum atomic E-state index is 11.7. The summed E-state index contributed by atoms with van der Waals surface area (Å²) in [4.78, 5) is 22.1. The van der Waals surface area contributed by atoms with Crippen LogP contribution >= 0.6 is 12.4 Å². The number of carbonyl (C=O) groups is 1. The van der Waals surface area contributed by atoms with E-state index < -0.39 is 10.5 Å². The highest BCUT2D eigenvalue weighted by atomic mass is 35.5. The summed E-state index contributed by atoms with van der Waals surface area (Å²) < 4.78 is 1.49. The van der Waals surface area contributed by atoms with Crippen LogP contribution in [0.1, 0.15) is 31.7 Å². The molecule has 120 valence electrons. The Bertz CT molecular complexity index is 522. The van der Waals surface area contributed by atoms with Gasteiger partial charge in [0.2, 0.25) is 5.91 Å². The van der Waals surface area contributed by atoms with Crippen molar-refractivity contribution < 1.29 is 9.72 Å². The number of nitrogens with two attached hydrogens (primary N) is 1. The zero-order valence-corrected chi connectivity index (χ0v) is 13.5. The van der Waals surface area contributed by atoms with Gasteiger partial charge in [-0.05, 0) is 27.7 Å². The van der Waals surface area contributed by atoms with Gasteiger partial charge in [-0.2, -0.15) is 5.10 Å².